The van der Waals surface area contributed by atoms with Crippen LogP contribution in [0.2, 0.25) is 5.02 Å². The average molecular weight is 576 g/mol. The summed E-state index contributed by atoms with van der Waals surface area (Å²) in [6.07, 6.45) is 2.58. The standard InChI is InChI=1S/C27H21ClF3N3O4S/c1-12-11-32-24(15-5-4-6-19(22(15)29)39(3,37)38)23(30)25(12)34-13(2)9-18(21(28)27(34)36)17-10-16(17)14-7-8-20(35)33-26(14)31/h4-9,11,16-17H,10H2,1-3H3,(H,33,35)/t16-,17+/m1/s1. The lowest BCUT2D eigenvalue weighted by molar-refractivity contribution is 0.562. The van der Waals surface area contributed by atoms with Crippen LogP contribution in [0.1, 0.15) is 40.6 Å². The topological polar surface area (TPSA) is 102 Å². The highest BCUT2D eigenvalue weighted by atomic mass is 35.5. The fourth-order valence-corrected chi connectivity index (χ4v) is 5.96. The lowest BCUT2D eigenvalue weighted by atomic mass is 10.0. The van der Waals surface area contributed by atoms with Gasteiger partial charge in [0.2, 0.25) is 5.56 Å². The largest absolute Gasteiger partial charge is 0.299 e. The Balaban J connectivity index is 1.62. The van der Waals surface area contributed by atoms with Gasteiger partial charge in [-0.25, -0.2) is 17.2 Å². The van der Waals surface area contributed by atoms with Crippen LogP contribution in [0, 0.1) is 31.4 Å². The van der Waals surface area contributed by atoms with Gasteiger partial charge in [-0.1, -0.05) is 17.7 Å². The molecule has 0 amide bonds. The van der Waals surface area contributed by atoms with Crippen LogP contribution < -0.4 is 11.1 Å². The summed E-state index contributed by atoms with van der Waals surface area (Å²) < 4.78 is 70.4. The third-order valence-corrected chi connectivity index (χ3v) is 8.36. The van der Waals surface area contributed by atoms with Crippen LogP contribution in [0.4, 0.5) is 13.2 Å². The van der Waals surface area contributed by atoms with E-state index in [1.165, 1.54) is 37.4 Å². The molecule has 2 atom stereocenters. The highest BCUT2D eigenvalue weighted by Crippen LogP contribution is 2.56. The van der Waals surface area contributed by atoms with Gasteiger partial charge >= 0.3 is 0 Å². The minimum absolute atomic E-state index is 0.180. The average Bonchev–Trinajstić information content (AvgIpc) is 3.63. The molecule has 1 aromatic carbocycles. The number of aromatic nitrogens is 3. The van der Waals surface area contributed by atoms with E-state index in [-0.39, 0.29) is 33.7 Å². The zero-order chi connectivity index (χ0) is 28.4. The first kappa shape index (κ1) is 26.9. The fraction of sp³-hybridized carbons (Fsp3) is 0.222. The third kappa shape index (κ3) is 4.59. The van der Waals surface area contributed by atoms with Crippen molar-refractivity contribution in [1.82, 2.24) is 14.5 Å². The summed E-state index contributed by atoms with van der Waals surface area (Å²) in [6.45, 7) is 3.09. The Bertz CT molecular complexity index is 1900. The van der Waals surface area contributed by atoms with Crippen molar-refractivity contribution in [3.05, 3.63) is 108 Å². The smallest absolute Gasteiger partial charge is 0.274 e. The van der Waals surface area contributed by atoms with Crippen LogP contribution in [-0.4, -0.2) is 29.2 Å². The quantitative estimate of drug-likeness (QED) is 0.339. The molecule has 1 fully saturated rings. The number of halogens is 4. The normalized spacial score (nSPS) is 16.9. The summed E-state index contributed by atoms with van der Waals surface area (Å²) in [7, 11) is -3.94. The number of nitrogens with one attached hydrogen (secondary N) is 1. The molecule has 1 saturated carbocycles. The molecule has 1 aliphatic carbocycles. The van der Waals surface area contributed by atoms with Gasteiger partial charge in [0.05, 0.1) is 5.69 Å². The van der Waals surface area contributed by atoms with E-state index in [1.54, 1.807) is 13.0 Å². The maximum atomic E-state index is 16.0. The molecule has 0 radical (unpaired) electrons. The summed E-state index contributed by atoms with van der Waals surface area (Å²) >= 11 is 6.48. The Labute approximate surface area is 225 Å². The van der Waals surface area contributed by atoms with E-state index in [0.717, 1.165) is 16.9 Å². The van der Waals surface area contributed by atoms with Gasteiger partial charge in [0, 0.05) is 35.3 Å². The second kappa shape index (κ2) is 9.49. The van der Waals surface area contributed by atoms with Crippen LogP contribution >= 0.6 is 11.6 Å². The molecule has 39 heavy (non-hydrogen) atoms. The van der Waals surface area contributed by atoms with Gasteiger partial charge in [-0.15, -0.1) is 0 Å². The summed E-state index contributed by atoms with van der Waals surface area (Å²) in [6, 6.07) is 7.77. The zero-order valence-electron chi connectivity index (χ0n) is 20.9. The number of benzene rings is 1. The van der Waals surface area contributed by atoms with Crippen molar-refractivity contribution >= 4 is 21.4 Å². The Kier molecular flexibility index (Phi) is 6.54. The first-order valence-corrected chi connectivity index (χ1v) is 14.0. The fourth-order valence-electron chi connectivity index (χ4n) is 4.92. The molecule has 0 spiro atoms. The lowest BCUT2D eigenvalue weighted by Crippen LogP contribution is -2.24. The van der Waals surface area contributed by atoms with Crippen molar-refractivity contribution in [2.75, 3.05) is 6.26 Å². The molecule has 3 aromatic heterocycles. The molecule has 12 heteroatoms. The Morgan fingerprint density at radius 2 is 1.72 bits per heavy atom. The summed E-state index contributed by atoms with van der Waals surface area (Å²) in [5.74, 6) is -3.53. The Morgan fingerprint density at radius 1 is 1.03 bits per heavy atom. The van der Waals surface area contributed by atoms with Crippen molar-refractivity contribution < 1.29 is 21.6 Å². The molecular formula is C27H21ClF3N3O4S. The van der Waals surface area contributed by atoms with Crippen molar-refractivity contribution in [3.63, 3.8) is 0 Å². The first-order valence-electron chi connectivity index (χ1n) is 11.8. The molecule has 202 valence electrons. The van der Waals surface area contributed by atoms with E-state index >= 15 is 8.78 Å². The van der Waals surface area contributed by atoms with Crippen LogP contribution in [0.3, 0.4) is 0 Å². The van der Waals surface area contributed by atoms with Crippen LogP contribution in [0.25, 0.3) is 16.9 Å². The molecule has 1 aliphatic rings. The van der Waals surface area contributed by atoms with Gasteiger partial charge in [-0.05, 0) is 67.5 Å². The van der Waals surface area contributed by atoms with Gasteiger partial charge in [0.1, 0.15) is 15.6 Å². The highest BCUT2D eigenvalue weighted by Gasteiger charge is 2.43. The monoisotopic (exact) mass is 575 g/mol. The van der Waals surface area contributed by atoms with Gasteiger partial charge in [-0.3, -0.25) is 24.1 Å². The van der Waals surface area contributed by atoms with E-state index in [2.05, 4.69) is 9.97 Å². The van der Waals surface area contributed by atoms with Crippen molar-refractivity contribution in [1.29, 1.82) is 0 Å². The Hall–Kier alpha value is -3.70. The predicted octanol–water partition coefficient (Wildman–Crippen LogP) is 4.95. The van der Waals surface area contributed by atoms with E-state index in [4.69, 9.17) is 11.6 Å². The molecule has 0 saturated heterocycles. The van der Waals surface area contributed by atoms with E-state index in [9.17, 15) is 22.4 Å². The number of H-pyrrole nitrogens is 1. The van der Waals surface area contributed by atoms with Crippen molar-refractivity contribution in [2.45, 2.75) is 37.0 Å². The molecule has 3 heterocycles. The molecule has 1 N–H and O–H groups in total. The number of nitrogens with zero attached hydrogens (tertiary/aromatic N) is 2. The lowest BCUT2D eigenvalue weighted by Gasteiger charge is -2.18. The second-order valence-corrected chi connectivity index (χ2v) is 11.9. The SMILES string of the molecule is Cc1cnc(-c2cccc(S(C)(=O)=O)c2F)c(F)c1-n1c(C)cc([C@H]2C[C@@H]2c2ccc(=O)[nH]c2F)c(Cl)c1=O. The van der Waals surface area contributed by atoms with E-state index < -0.39 is 49.1 Å². The van der Waals surface area contributed by atoms with Crippen LogP contribution in [0.15, 0.2) is 57.1 Å². The third-order valence-electron chi connectivity index (χ3n) is 6.87. The second-order valence-electron chi connectivity index (χ2n) is 9.58. The van der Waals surface area contributed by atoms with E-state index in [0.29, 0.717) is 23.2 Å². The molecule has 5 rings (SSSR count). The number of sulfone groups is 1. The number of pyridine rings is 3. The first-order chi connectivity index (χ1) is 18.3. The molecule has 0 unspecified atom stereocenters. The Morgan fingerprint density at radius 3 is 2.38 bits per heavy atom. The molecule has 0 aliphatic heterocycles. The number of aromatic amines is 1. The van der Waals surface area contributed by atoms with Crippen LogP contribution in [-0.2, 0) is 9.84 Å². The highest BCUT2D eigenvalue weighted by molar-refractivity contribution is 7.90. The molecule has 7 nitrogen and oxygen atoms in total. The van der Waals surface area contributed by atoms with Gasteiger partial charge < -0.3 is 0 Å². The minimum Gasteiger partial charge on any atom is -0.299 e. The van der Waals surface area contributed by atoms with Gasteiger partial charge in [0.25, 0.3) is 5.56 Å². The summed E-state index contributed by atoms with van der Waals surface area (Å²) in [4.78, 5) is 30.3. The molecular weight excluding hydrogens is 555 g/mol. The van der Waals surface area contributed by atoms with Crippen molar-refractivity contribution in [3.8, 4) is 16.9 Å². The maximum absolute atomic E-state index is 16.0. The van der Waals surface area contributed by atoms with Crippen molar-refractivity contribution in [2.24, 2.45) is 0 Å². The number of hydrogen-bond donors (Lipinski definition) is 1. The van der Waals surface area contributed by atoms with Gasteiger partial charge in [-0.2, -0.15) is 4.39 Å². The molecule has 4 aromatic rings. The minimum atomic E-state index is -3.94. The summed E-state index contributed by atoms with van der Waals surface area (Å²) in [5, 5.41) is -0.180. The number of rotatable bonds is 5. The number of hydrogen-bond acceptors (Lipinski definition) is 5. The zero-order valence-corrected chi connectivity index (χ0v) is 22.4. The molecule has 0 bridgehead atoms. The van der Waals surface area contributed by atoms with Gasteiger partial charge in [0.15, 0.2) is 27.4 Å². The number of aryl methyl sites for hydroxylation is 2. The van der Waals surface area contributed by atoms with E-state index in [1.807, 2.05) is 0 Å². The maximum Gasteiger partial charge on any atom is 0.274 e. The summed E-state index contributed by atoms with van der Waals surface area (Å²) in [5.41, 5.74) is -1.03. The van der Waals surface area contributed by atoms with Crippen LogP contribution in [0.5, 0.6) is 0 Å². The predicted molar refractivity (Wildman–Crippen MR) is 140 cm³/mol.